The molecular weight excluding hydrogens is 611 g/mol. The van der Waals surface area contributed by atoms with Gasteiger partial charge in [-0.3, -0.25) is 9.36 Å². The zero-order valence-electron chi connectivity index (χ0n) is 27.2. The van der Waals surface area contributed by atoms with Crippen molar-refractivity contribution in [3.05, 3.63) is 109 Å². The third-order valence-corrected chi connectivity index (χ3v) is 14.5. The molecule has 0 spiro atoms. The first-order chi connectivity index (χ1) is 22.7. The molecule has 5 aromatic rings. The van der Waals surface area contributed by atoms with E-state index in [0.717, 1.165) is 0 Å². The van der Waals surface area contributed by atoms with E-state index in [1.807, 2.05) is 41.8 Å². The zero-order valence-corrected chi connectivity index (χ0v) is 28.2. The molecule has 2 bridgehead atoms. The van der Waals surface area contributed by atoms with Crippen LogP contribution in [-0.4, -0.2) is 71.4 Å². The van der Waals surface area contributed by atoms with Crippen LogP contribution in [0.5, 0.6) is 0 Å². The molecule has 2 aromatic heterocycles. The normalized spacial score (nSPS) is 24.1. The molecule has 10 nitrogen and oxygen atoms in total. The minimum atomic E-state index is -2.89. The summed E-state index contributed by atoms with van der Waals surface area (Å²) in [6, 6.07) is 30.1. The number of nitrogens with zero attached hydrogens (tertiary/aromatic N) is 4. The van der Waals surface area contributed by atoms with E-state index in [1.165, 1.54) is 16.7 Å². The van der Waals surface area contributed by atoms with Gasteiger partial charge < -0.3 is 24.0 Å². The van der Waals surface area contributed by atoms with Crippen LogP contribution in [0.2, 0.25) is 5.04 Å². The summed E-state index contributed by atoms with van der Waals surface area (Å²) < 4.78 is 29.0. The topological polar surface area (TPSA) is 110 Å². The van der Waals surface area contributed by atoms with Crippen molar-refractivity contribution in [1.29, 1.82) is 0 Å². The maximum atomic E-state index is 12.9. The fourth-order valence-corrected chi connectivity index (χ4v) is 11.9. The molecule has 4 heterocycles. The second kappa shape index (κ2) is 12.1. The molecule has 3 aromatic carbocycles. The first kappa shape index (κ1) is 31.3. The van der Waals surface area contributed by atoms with Crippen molar-refractivity contribution in [2.45, 2.75) is 62.9 Å². The van der Waals surface area contributed by atoms with Gasteiger partial charge in [0.2, 0.25) is 0 Å². The monoisotopic (exact) mass is 649 g/mol. The van der Waals surface area contributed by atoms with Crippen LogP contribution in [0.4, 0.5) is 5.82 Å². The summed E-state index contributed by atoms with van der Waals surface area (Å²) in [4.78, 5) is 26.4. The highest BCUT2D eigenvalue weighted by molar-refractivity contribution is 6.99. The molecule has 2 aliphatic rings. The molecule has 2 saturated heterocycles. The minimum Gasteiger partial charge on any atom is -0.404 e. The zero-order chi connectivity index (χ0) is 32.8. The average Bonchev–Trinajstić information content (AvgIpc) is 3.73. The first-order valence-electron chi connectivity index (χ1n) is 15.8. The van der Waals surface area contributed by atoms with Crippen LogP contribution in [0, 0.1) is 0 Å². The van der Waals surface area contributed by atoms with Gasteiger partial charge in [-0.1, -0.05) is 99.6 Å². The molecule has 1 N–H and O–H groups in total. The molecule has 242 valence electrons. The van der Waals surface area contributed by atoms with Gasteiger partial charge in [-0.05, 0) is 34.5 Å². The molecule has 0 unspecified atom stereocenters. The molecule has 7 rings (SSSR count). The highest BCUT2D eigenvalue weighted by Crippen LogP contribution is 2.51. The number of anilines is 1. The van der Waals surface area contributed by atoms with Gasteiger partial charge in [0.05, 0.1) is 19.0 Å². The summed E-state index contributed by atoms with van der Waals surface area (Å²) in [7, 11) is -1.20. The van der Waals surface area contributed by atoms with Gasteiger partial charge in [-0.15, -0.1) is 0 Å². The van der Waals surface area contributed by atoms with Crippen LogP contribution in [0.15, 0.2) is 104 Å². The van der Waals surface area contributed by atoms with Crippen molar-refractivity contribution in [2.24, 2.45) is 0 Å². The summed E-state index contributed by atoms with van der Waals surface area (Å²) >= 11 is 0. The van der Waals surface area contributed by atoms with E-state index >= 15 is 0 Å². The second-order valence-electron chi connectivity index (χ2n) is 13.2. The van der Waals surface area contributed by atoms with E-state index in [9.17, 15) is 4.79 Å². The SMILES string of the molecule is CO[C@H]1[C@H]2O[C@H](C)[C@]1(CO[Si](c1ccccc1)(c1ccccc1)C(C)(C)C)O[C@H]2n1cnc2c(NC(=O)c3ccccc3)ncnc21. The van der Waals surface area contributed by atoms with Crippen LogP contribution in [0.1, 0.15) is 44.3 Å². The highest BCUT2D eigenvalue weighted by atomic mass is 28.4. The van der Waals surface area contributed by atoms with Crippen LogP contribution < -0.4 is 15.7 Å². The van der Waals surface area contributed by atoms with E-state index in [2.05, 4.69) is 89.6 Å². The Kier molecular flexibility index (Phi) is 8.05. The standard InChI is InChI=1S/C36H39N5O5Si/c1-24-36(21-44-47(35(2,3)4,26-17-11-7-12-18-26)27-19-13-8-14-20-27)30(43-5)29(45-24)34(46-36)41-23-39-28-31(37-22-38-32(28)41)40-33(42)25-15-9-6-10-16-25/h6-20,22-24,29-30,34H,21H2,1-5H3,(H,37,38,40,42)/t24-,29-,30+,34-,36+/m1/s1. The van der Waals surface area contributed by atoms with Crippen molar-refractivity contribution >= 4 is 41.6 Å². The summed E-state index contributed by atoms with van der Waals surface area (Å²) in [5, 5.41) is 5.03. The molecular formula is C36H39N5O5Si. The molecule has 0 aliphatic carbocycles. The predicted molar refractivity (Wildman–Crippen MR) is 181 cm³/mol. The Morgan fingerprint density at radius 2 is 1.55 bits per heavy atom. The summed E-state index contributed by atoms with van der Waals surface area (Å²) in [5.74, 6) is 0.0282. The number of amides is 1. The smallest absolute Gasteiger partial charge is 0.261 e. The predicted octanol–water partition coefficient (Wildman–Crippen LogP) is 4.73. The van der Waals surface area contributed by atoms with Gasteiger partial charge in [0.25, 0.3) is 14.2 Å². The fraction of sp³-hybridized carbons (Fsp3) is 0.333. The van der Waals surface area contributed by atoms with Gasteiger partial charge >= 0.3 is 0 Å². The Morgan fingerprint density at radius 1 is 0.936 bits per heavy atom. The Labute approximate surface area is 275 Å². The van der Waals surface area contributed by atoms with Gasteiger partial charge in [-0.2, -0.15) is 0 Å². The van der Waals surface area contributed by atoms with Crippen molar-refractivity contribution in [1.82, 2.24) is 19.5 Å². The number of ether oxygens (including phenoxy) is 3. The van der Waals surface area contributed by atoms with Crippen molar-refractivity contribution < 1.29 is 23.4 Å². The number of imidazole rings is 1. The minimum absolute atomic E-state index is 0.215. The van der Waals surface area contributed by atoms with Crippen LogP contribution in [-0.2, 0) is 18.6 Å². The number of fused-ring (bicyclic) bond motifs is 3. The van der Waals surface area contributed by atoms with Crippen LogP contribution in [0.3, 0.4) is 0 Å². The van der Waals surface area contributed by atoms with E-state index in [1.54, 1.807) is 25.6 Å². The summed E-state index contributed by atoms with van der Waals surface area (Å²) in [6.07, 6.45) is 1.28. The maximum absolute atomic E-state index is 12.9. The Balaban J connectivity index is 1.24. The van der Waals surface area contributed by atoms with Gasteiger partial charge in [0.15, 0.2) is 23.2 Å². The molecule has 5 atom stereocenters. The quantitative estimate of drug-likeness (QED) is 0.229. The molecule has 11 heteroatoms. The molecule has 1 amide bonds. The third-order valence-electron chi connectivity index (χ3n) is 9.54. The van der Waals surface area contributed by atoms with E-state index in [-0.39, 0.29) is 23.7 Å². The largest absolute Gasteiger partial charge is 0.404 e. The molecule has 2 fully saturated rings. The lowest BCUT2D eigenvalue weighted by atomic mass is 9.94. The van der Waals surface area contributed by atoms with Crippen LogP contribution in [0.25, 0.3) is 11.2 Å². The van der Waals surface area contributed by atoms with E-state index in [4.69, 9.17) is 18.6 Å². The average molecular weight is 650 g/mol. The number of carbonyl (C=O) groups is 1. The van der Waals surface area contributed by atoms with Crippen molar-refractivity contribution in [3.63, 3.8) is 0 Å². The Hall–Kier alpha value is -4.26. The number of hydrogen-bond donors (Lipinski definition) is 1. The molecule has 47 heavy (non-hydrogen) atoms. The number of aromatic nitrogens is 4. The molecule has 0 saturated carbocycles. The summed E-state index contributed by atoms with van der Waals surface area (Å²) in [6.45, 7) is 9.04. The van der Waals surface area contributed by atoms with Crippen molar-refractivity contribution in [3.8, 4) is 0 Å². The highest BCUT2D eigenvalue weighted by Gasteiger charge is 2.67. The number of nitrogens with one attached hydrogen (secondary N) is 1. The summed E-state index contributed by atoms with van der Waals surface area (Å²) in [5.41, 5.74) is 0.562. The van der Waals surface area contributed by atoms with Crippen molar-refractivity contribution in [2.75, 3.05) is 19.0 Å². The number of hydrogen-bond acceptors (Lipinski definition) is 8. The number of methoxy groups -OCH3 is 1. The van der Waals surface area contributed by atoms with Gasteiger partial charge in [-0.25, -0.2) is 15.0 Å². The third kappa shape index (κ3) is 5.09. The molecule has 0 radical (unpaired) electrons. The van der Waals surface area contributed by atoms with Gasteiger partial charge in [0, 0.05) is 12.7 Å². The molecule has 2 aliphatic heterocycles. The van der Waals surface area contributed by atoms with Crippen LogP contribution >= 0.6 is 0 Å². The lowest BCUT2D eigenvalue weighted by molar-refractivity contribution is -0.215. The number of carbonyl (C=O) groups excluding carboxylic acids is 1. The Bertz CT molecular complexity index is 1830. The number of benzene rings is 3. The Morgan fingerprint density at radius 3 is 2.15 bits per heavy atom. The fourth-order valence-electron chi connectivity index (χ4n) is 7.27. The maximum Gasteiger partial charge on any atom is 0.261 e. The first-order valence-corrected chi connectivity index (χ1v) is 17.8. The van der Waals surface area contributed by atoms with E-state index in [0.29, 0.717) is 22.5 Å². The lowest BCUT2D eigenvalue weighted by Crippen LogP contribution is -2.68. The number of rotatable bonds is 9. The van der Waals surface area contributed by atoms with E-state index < -0.39 is 32.4 Å². The van der Waals surface area contributed by atoms with Gasteiger partial charge in [0.1, 0.15) is 24.1 Å². The lowest BCUT2D eigenvalue weighted by Gasteiger charge is -2.46. The second-order valence-corrected chi connectivity index (χ2v) is 17.5.